The first-order chi connectivity index (χ1) is 7.31. The predicted molar refractivity (Wildman–Crippen MR) is 57.2 cm³/mol. The van der Waals surface area contributed by atoms with E-state index in [2.05, 4.69) is 15.3 Å². The molecule has 0 saturated carbocycles. The third-order valence-corrected chi connectivity index (χ3v) is 2.49. The zero-order valence-electron chi connectivity index (χ0n) is 8.80. The molecule has 1 aromatic rings. The molecule has 2 heterocycles. The van der Waals surface area contributed by atoms with E-state index < -0.39 is 0 Å². The van der Waals surface area contributed by atoms with Gasteiger partial charge in [-0.1, -0.05) is 0 Å². The highest BCUT2D eigenvalue weighted by atomic mass is 16.5. The van der Waals surface area contributed by atoms with Gasteiger partial charge in [0.1, 0.15) is 5.82 Å². The summed E-state index contributed by atoms with van der Waals surface area (Å²) < 4.78 is 5.27. The molecule has 5 heteroatoms. The Labute approximate surface area is 87.9 Å². The molecule has 0 amide bonds. The summed E-state index contributed by atoms with van der Waals surface area (Å²) in [5, 5.41) is 3.10. The second-order valence-electron chi connectivity index (χ2n) is 3.47. The van der Waals surface area contributed by atoms with Crippen molar-refractivity contribution >= 4 is 5.82 Å². The standard InChI is InChI=1S/C10H15N3O2/c1-2-15-6-4-8-7-3-5-11-9(7)13-10(14)12-8/h2-6H2,1H3,(H2,11,12,13,14). The topological polar surface area (TPSA) is 67.0 Å². The van der Waals surface area contributed by atoms with Gasteiger partial charge in [0.25, 0.3) is 0 Å². The number of anilines is 1. The fourth-order valence-electron chi connectivity index (χ4n) is 1.80. The minimum atomic E-state index is -0.283. The smallest absolute Gasteiger partial charge is 0.347 e. The summed E-state index contributed by atoms with van der Waals surface area (Å²) in [5.74, 6) is 0.741. The molecule has 0 aromatic carbocycles. The number of H-pyrrole nitrogens is 1. The largest absolute Gasteiger partial charge is 0.381 e. The van der Waals surface area contributed by atoms with Gasteiger partial charge in [-0.15, -0.1) is 0 Å². The Morgan fingerprint density at radius 3 is 3.20 bits per heavy atom. The van der Waals surface area contributed by atoms with E-state index in [-0.39, 0.29) is 5.69 Å². The summed E-state index contributed by atoms with van der Waals surface area (Å²) in [6.45, 7) is 4.17. The lowest BCUT2D eigenvalue weighted by Crippen LogP contribution is -2.16. The van der Waals surface area contributed by atoms with Gasteiger partial charge in [-0.2, -0.15) is 4.98 Å². The van der Waals surface area contributed by atoms with Gasteiger partial charge in [0.05, 0.1) is 6.61 Å². The quantitative estimate of drug-likeness (QED) is 0.701. The normalized spacial score (nSPS) is 13.7. The molecule has 0 bridgehead atoms. The van der Waals surface area contributed by atoms with E-state index in [1.54, 1.807) is 0 Å². The van der Waals surface area contributed by atoms with Crippen LogP contribution >= 0.6 is 0 Å². The van der Waals surface area contributed by atoms with Gasteiger partial charge in [0.15, 0.2) is 0 Å². The van der Waals surface area contributed by atoms with Gasteiger partial charge in [-0.05, 0) is 13.3 Å². The van der Waals surface area contributed by atoms with Crippen molar-refractivity contribution in [3.05, 3.63) is 21.7 Å². The second-order valence-corrected chi connectivity index (χ2v) is 3.47. The van der Waals surface area contributed by atoms with Crippen LogP contribution in [0.1, 0.15) is 18.2 Å². The predicted octanol–water partition coefficient (Wildman–Crippen LogP) is 0.317. The Bertz CT molecular complexity index is 400. The maximum atomic E-state index is 11.2. The molecule has 1 aliphatic heterocycles. The molecule has 2 rings (SSSR count). The van der Waals surface area contributed by atoms with Gasteiger partial charge < -0.3 is 15.0 Å². The molecule has 0 saturated heterocycles. The van der Waals surface area contributed by atoms with Crippen LogP contribution in [0.3, 0.4) is 0 Å². The van der Waals surface area contributed by atoms with Crippen molar-refractivity contribution in [2.75, 3.05) is 25.1 Å². The molecular weight excluding hydrogens is 194 g/mol. The number of hydrogen-bond donors (Lipinski definition) is 2. The highest BCUT2D eigenvalue weighted by Crippen LogP contribution is 2.20. The van der Waals surface area contributed by atoms with Crippen LogP contribution in [-0.2, 0) is 17.6 Å². The Hall–Kier alpha value is -1.36. The molecule has 5 nitrogen and oxygen atoms in total. The first-order valence-corrected chi connectivity index (χ1v) is 5.25. The van der Waals surface area contributed by atoms with E-state index >= 15 is 0 Å². The number of fused-ring (bicyclic) bond motifs is 1. The molecule has 1 aliphatic rings. The molecule has 0 fully saturated rings. The maximum Gasteiger partial charge on any atom is 0.347 e. The zero-order chi connectivity index (χ0) is 10.7. The lowest BCUT2D eigenvalue weighted by atomic mass is 10.1. The average Bonchev–Trinajstić information content (AvgIpc) is 2.65. The third-order valence-electron chi connectivity index (χ3n) is 2.49. The Kier molecular flexibility index (Phi) is 3.01. The molecule has 2 N–H and O–H groups in total. The molecular formula is C10H15N3O2. The van der Waals surface area contributed by atoms with E-state index in [1.165, 1.54) is 0 Å². The van der Waals surface area contributed by atoms with Crippen LogP contribution in [0.2, 0.25) is 0 Å². The summed E-state index contributed by atoms with van der Waals surface area (Å²) in [6, 6.07) is 0. The number of hydrogen-bond acceptors (Lipinski definition) is 4. The van der Waals surface area contributed by atoms with Crippen LogP contribution in [0.5, 0.6) is 0 Å². The van der Waals surface area contributed by atoms with E-state index in [1.807, 2.05) is 6.92 Å². The summed E-state index contributed by atoms with van der Waals surface area (Å²) in [5.41, 5.74) is 1.81. The molecule has 1 aromatic heterocycles. The van der Waals surface area contributed by atoms with Crippen molar-refractivity contribution in [2.24, 2.45) is 0 Å². The molecule has 0 aliphatic carbocycles. The van der Waals surface area contributed by atoms with E-state index in [4.69, 9.17) is 4.74 Å². The van der Waals surface area contributed by atoms with Crippen LogP contribution < -0.4 is 11.0 Å². The first-order valence-electron chi connectivity index (χ1n) is 5.25. The minimum Gasteiger partial charge on any atom is -0.381 e. The van der Waals surface area contributed by atoms with Crippen LogP contribution in [-0.4, -0.2) is 29.7 Å². The Balaban J connectivity index is 2.19. The van der Waals surface area contributed by atoms with Crippen LogP contribution in [0.15, 0.2) is 4.79 Å². The maximum absolute atomic E-state index is 11.2. The zero-order valence-corrected chi connectivity index (χ0v) is 8.80. The SMILES string of the molecule is CCOCCc1[nH]c(=O)nc2c1CCN2. The fourth-order valence-corrected chi connectivity index (χ4v) is 1.80. The van der Waals surface area contributed by atoms with Crippen LogP contribution in [0.4, 0.5) is 5.82 Å². The summed E-state index contributed by atoms with van der Waals surface area (Å²) in [4.78, 5) is 17.9. The first kappa shape index (κ1) is 10.2. The highest BCUT2D eigenvalue weighted by Gasteiger charge is 2.16. The second kappa shape index (κ2) is 4.44. The van der Waals surface area contributed by atoms with Gasteiger partial charge in [-0.25, -0.2) is 4.79 Å². The fraction of sp³-hybridized carbons (Fsp3) is 0.600. The number of nitrogens with zero attached hydrogens (tertiary/aromatic N) is 1. The van der Waals surface area contributed by atoms with Gasteiger partial charge in [0, 0.05) is 30.8 Å². The van der Waals surface area contributed by atoms with Crippen molar-refractivity contribution in [1.29, 1.82) is 0 Å². The van der Waals surface area contributed by atoms with Gasteiger partial charge >= 0.3 is 5.69 Å². The Morgan fingerprint density at radius 1 is 1.53 bits per heavy atom. The number of nitrogens with one attached hydrogen (secondary N) is 2. The number of aromatic amines is 1. The van der Waals surface area contributed by atoms with Gasteiger partial charge in [0.2, 0.25) is 0 Å². The van der Waals surface area contributed by atoms with Crippen molar-refractivity contribution < 1.29 is 4.74 Å². The van der Waals surface area contributed by atoms with Crippen molar-refractivity contribution in [2.45, 2.75) is 19.8 Å². The molecule has 15 heavy (non-hydrogen) atoms. The summed E-state index contributed by atoms with van der Waals surface area (Å²) >= 11 is 0. The van der Waals surface area contributed by atoms with Crippen LogP contribution in [0.25, 0.3) is 0 Å². The van der Waals surface area contributed by atoms with Crippen molar-refractivity contribution in [3.63, 3.8) is 0 Å². The average molecular weight is 209 g/mol. The van der Waals surface area contributed by atoms with Crippen LogP contribution in [0, 0.1) is 0 Å². The van der Waals surface area contributed by atoms with Crippen molar-refractivity contribution in [1.82, 2.24) is 9.97 Å². The molecule has 82 valence electrons. The monoisotopic (exact) mass is 209 g/mol. The summed E-state index contributed by atoms with van der Waals surface area (Å²) in [7, 11) is 0. The third kappa shape index (κ3) is 2.18. The summed E-state index contributed by atoms with van der Waals surface area (Å²) in [6.07, 6.45) is 1.68. The molecule has 0 unspecified atom stereocenters. The molecule has 0 spiro atoms. The van der Waals surface area contributed by atoms with E-state index in [9.17, 15) is 4.79 Å². The highest BCUT2D eigenvalue weighted by molar-refractivity contribution is 5.50. The minimum absolute atomic E-state index is 0.283. The molecule has 0 atom stereocenters. The van der Waals surface area contributed by atoms with E-state index in [0.29, 0.717) is 13.2 Å². The molecule has 0 radical (unpaired) electrons. The number of ether oxygens (including phenoxy) is 1. The lowest BCUT2D eigenvalue weighted by Gasteiger charge is -2.06. The number of aromatic nitrogens is 2. The number of rotatable bonds is 4. The van der Waals surface area contributed by atoms with Gasteiger partial charge in [-0.3, -0.25) is 0 Å². The van der Waals surface area contributed by atoms with Crippen molar-refractivity contribution in [3.8, 4) is 0 Å². The Morgan fingerprint density at radius 2 is 2.40 bits per heavy atom. The van der Waals surface area contributed by atoms with E-state index in [0.717, 1.165) is 36.5 Å². The lowest BCUT2D eigenvalue weighted by molar-refractivity contribution is 0.150.